The van der Waals surface area contributed by atoms with Crippen molar-refractivity contribution in [3.8, 4) is 0 Å². The minimum atomic E-state index is 0.563. The molecule has 0 aromatic carbocycles. The average molecular weight is 265 g/mol. The fourth-order valence-corrected chi connectivity index (χ4v) is 3.97. The topological polar surface area (TPSA) is 28.2 Å². The zero-order chi connectivity index (χ0) is 12.5. The molecule has 2 saturated heterocycles. The second-order valence-corrected chi connectivity index (χ2v) is 6.92. The molecule has 2 fully saturated rings. The van der Waals surface area contributed by atoms with Crippen LogP contribution in [0, 0.1) is 11.8 Å². The second-order valence-electron chi connectivity index (χ2n) is 6.03. The molecule has 3 heterocycles. The number of thiazole rings is 1. The lowest BCUT2D eigenvalue weighted by molar-refractivity contribution is 0.141. The number of piperidine rings is 1. The summed E-state index contributed by atoms with van der Waals surface area (Å²) in [7, 11) is 0. The minimum Gasteiger partial charge on any atom is -0.316 e. The van der Waals surface area contributed by atoms with Crippen molar-refractivity contribution in [3.63, 3.8) is 0 Å². The van der Waals surface area contributed by atoms with Gasteiger partial charge < -0.3 is 5.32 Å². The Morgan fingerprint density at radius 3 is 3.06 bits per heavy atom. The van der Waals surface area contributed by atoms with Crippen molar-refractivity contribution in [1.29, 1.82) is 0 Å². The fourth-order valence-electron chi connectivity index (χ4n) is 3.14. The van der Waals surface area contributed by atoms with Crippen LogP contribution in [0.4, 0.5) is 0 Å². The van der Waals surface area contributed by atoms with Crippen molar-refractivity contribution in [2.24, 2.45) is 11.8 Å². The Kier molecular flexibility index (Phi) is 3.68. The maximum atomic E-state index is 4.75. The summed E-state index contributed by atoms with van der Waals surface area (Å²) in [5.74, 6) is 2.37. The lowest BCUT2D eigenvalue weighted by Gasteiger charge is -2.33. The van der Waals surface area contributed by atoms with Gasteiger partial charge in [-0.1, -0.05) is 13.8 Å². The molecule has 1 aromatic rings. The molecule has 18 heavy (non-hydrogen) atoms. The van der Waals surface area contributed by atoms with Gasteiger partial charge in [-0.15, -0.1) is 11.3 Å². The molecule has 1 N–H and O–H groups in total. The molecule has 100 valence electrons. The lowest BCUT2D eigenvalue weighted by atomic mass is 9.89. The molecule has 3 nitrogen and oxygen atoms in total. The van der Waals surface area contributed by atoms with E-state index >= 15 is 0 Å². The Morgan fingerprint density at radius 1 is 1.44 bits per heavy atom. The highest BCUT2D eigenvalue weighted by Gasteiger charge is 2.32. The summed E-state index contributed by atoms with van der Waals surface area (Å²) in [5, 5.41) is 7.05. The molecule has 0 amide bonds. The SMILES string of the molecule is CC(C)c1nc(CN2CCC3CNCC3C2)cs1. The van der Waals surface area contributed by atoms with Gasteiger partial charge in [-0.2, -0.15) is 0 Å². The predicted molar refractivity (Wildman–Crippen MR) is 75.9 cm³/mol. The summed E-state index contributed by atoms with van der Waals surface area (Å²) in [5.41, 5.74) is 1.27. The van der Waals surface area contributed by atoms with E-state index in [-0.39, 0.29) is 0 Å². The Labute approximate surface area is 114 Å². The quantitative estimate of drug-likeness (QED) is 0.909. The fraction of sp³-hybridized carbons (Fsp3) is 0.786. The number of nitrogens with zero attached hydrogens (tertiary/aromatic N) is 2. The molecule has 4 heteroatoms. The third-order valence-corrected chi connectivity index (χ3v) is 5.43. The zero-order valence-electron chi connectivity index (χ0n) is 11.4. The molecule has 0 saturated carbocycles. The van der Waals surface area contributed by atoms with Gasteiger partial charge in [0, 0.05) is 24.4 Å². The lowest BCUT2D eigenvalue weighted by Crippen LogP contribution is -2.39. The van der Waals surface area contributed by atoms with E-state index in [1.54, 1.807) is 0 Å². The molecule has 3 rings (SSSR count). The van der Waals surface area contributed by atoms with Gasteiger partial charge in [0.05, 0.1) is 10.7 Å². The Hall–Kier alpha value is -0.450. The van der Waals surface area contributed by atoms with Gasteiger partial charge in [0.2, 0.25) is 0 Å². The zero-order valence-corrected chi connectivity index (χ0v) is 12.2. The van der Waals surface area contributed by atoms with Crippen LogP contribution in [0.2, 0.25) is 0 Å². The third-order valence-electron chi connectivity index (χ3n) is 4.24. The molecule has 2 unspecified atom stereocenters. The largest absolute Gasteiger partial charge is 0.316 e. The number of aromatic nitrogens is 1. The molecule has 0 spiro atoms. The molecule has 2 atom stereocenters. The van der Waals surface area contributed by atoms with Crippen molar-refractivity contribution < 1.29 is 0 Å². The standard InChI is InChI=1S/C14H23N3S/c1-10(2)14-16-13(9-18-14)8-17-4-3-11-5-15-6-12(11)7-17/h9-12,15H,3-8H2,1-2H3. The number of rotatable bonds is 3. The van der Waals surface area contributed by atoms with E-state index in [4.69, 9.17) is 4.98 Å². The Morgan fingerprint density at radius 2 is 2.28 bits per heavy atom. The Bertz CT molecular complexity index is 401. The van der Waals surface area contributed by atoms with Crippen LogP contribution in [0.1, 0.15) is 36.9 Å². The van der Waals surface area contributed by atoms with Crippen LogP contribution in [0.15, 0.2) is 5.38 Å². The number of nitrogens with one attached hydrogen (secondary N) is 1. The summed E-state index contributed by atoms with van der Waals surface area (Å²) in [6.07, 6.45) is 1.36. The van der Waals surface area contributed by atoms with Gasteiger partial charge in [-0.05, 0) is 37.9 Å². The summed E-state index contributed by atoms with van der Waals surface area (Å²) in [6, 6.07) is 0. The van der Waals surface area contributed by atoms with E-state index in [0.29, 0.717) is 5.92 Å². The highest BCUT2D eigenvalue weighted by atomic mass is 32.1. The first-order valence-electron chi connectivity index (χ1n) is 7.09. The van der Waals surface area contributed by atoms with Crippen LogP contribution in [0.5, 0.6) is 0 Å². The first kappa shape index (κ1) is 12.6. The highest BCUT2D eigenvalue weighted by Crippen LogP contribution is 2.28. The van der Waals surface area contributed by atoms with Crippen molar-refractivity contribution >= 4 is 11.3 Å². The Balaban J connectivity index is 1.59. The van der Waals surface area contributed by atoms with Gasteiger partial charge in [-0.25, -0.2) is 4.98 Å². The van der Waals surface area contributed by atoms with Crippen LogP contribution in [0.25, 0.3) is 0 Å². The van der Waals surface area contributed by atoms with Gasteiger partial charge in [0.15, 0.2) is 0 Å². The summed E-state index contributed by atoms with van der Waals surface area (Å²) < 4.78 is 0. The van der Waals surface area contributed by atoms with Gasteiger partial charge >= 0.3 is 0 Å². The number of hydrogen-bond acceptors (Lipinski definition) is 4. The van der Waals surface area contributed by atoms with E-state index in [1.807, 2.05) is 11.3 Å². The van der Waals surface area contributed by atoms with E-state index in [2.05, 4.69) is 29.4 Å². The maximum Gasteiger partial charge on any atom is 0.0954 e. The van der Waals surface area contributed by atoms with Crippen molar-refractivity contribution in [1.82, 2.24) is 15.2 Å². The number of hydrogen-bond donors (Lipinski definition) is 1. The third kappa shape index (κ3) is 2.60. The van der Waals surface area contributed by atoms with E-state index in [0.717, 1.165) is 18.4 Å². The molecule has 0 aliphatic carbocycles. The average Bonchev–Trinajstić information content (AvgIpc) is 2.96. The summed E-state index contributed by atoms with van der Waals surface area (Å²) in [6.45, 7) is 10.5. The molecular formula is C14H23N3S. The summed E-state index contributed by atoms with van der Waals surface area (Å²) in [4.78, 5) is 7.34. The number of likely N-dealkylation sites (tertiary alicyclic amines) is 1. The second kappa shape index (κ2) is 5.27. The van der Waals surface area contributed by atoms with Crippen LogP contribution in [-0.2, 0) is 6.54 Å². The van der Waals surface area contributed by atoms with Crippen LogP contribution in [0.3, 0.4) is 0 Å². The molecular weight excluding hydrogens is 242 g/mol. The normalized spacial score (nSPS) is 28.8. The monoisotopic (exact) mass is 265 g/mol. The van der Waals surface area contributed by atoms with Gasteiger partial charge in [0.1, 0.15) is 0 Å². The van der Waals surface area contributed by atoms with E-state index in [9.17, 15) is 0 Å². The van der Waals surface area contributed by atoms with Crippen LogP contribution in [-0.4, -0.2) is 36.1 Å². The first-order chi connectivity index (χ1) is 8.72. The molecule has 0 bridgehead atoms. The van der Waals surface area contributed by atoms with E-state index in [1.165, 1.54) is 43.3 Å². The smallest absolute Gasteiger partial charge is 0.0954 e. The summed E-state index contributed by atoms with van der Waals surface area (Å²) >= 11 is 1.82. The molecule has 2 aliphatic heterocycles. The van der Waals surface area contributed by atoms with Crippen molar-refractivity contribution in [2.75, 3.05) is 26.2 Å². The molecule has 0 radical (unpaired) electrons. The molecule has 2 aliphatic rings. The minimum absolute atomic E-state index is 0.563. The van der Waals surface area contributed by atoms with Crippen LogP contribution < -0.4 is 5.32 Å². The van der Waals surface area contributed by atoms with Gasteiger partial charge in [-0.3, -0.25) is 4.90 Å². The molecule has 1 aromatic heterocycles. The predicted octanol–water partition coefficient (Wildman–Crippen LogP) is 2.31. The van der Waals surface area contributed by atoms with Gasteiger partial charge in [0.25, 0.3) is 0 Å². The van der Waals surface area contributed by atoms with Crippen molar-refractivity contribution in [3.05, 3.63) is 16.1 Å². The van der Waals surface area contributed by atoms with Crippen LogP contribution >= 0.6 is 11.3 Å². The van der Waals surface area contributed by atoms with Crippen molar-refractivity contribution in [2.45, 2.75) is 32.7 Å². The maximum absolute atomic E-state index is 4.75. The highest BCUT2D eigenvalue weighted by molar-refractivity contribution is 7.09. The first-order valence-corrected chi connectivity index (χ1v) is 7.97. The van der Waals surface area contributed by atoms with E-state index < -0.39 is 0 Å². The number of fused-ring (bicyclic) bond motifs is 1.